The summed E-state index contributed by atoms with van der Waals surface area (Å²) in [7, 11) is 0. The highest BCUT2D eigenvalue weighted by molar-refractivity contribution is 7.13. The number of nitrogens with zero attached hydrogens (tertiary/aromatic N) is 2. The number of aryl methyl sites for hydroxylation is 2. The van der Waals surface area contributed by atoms with Crippen LogP contribution in [0.1, 0.15) is 25.0 Å². The Bertz CT molecular complexity index is 623. The number of rotatable bonds is 5. The summed E-state index contributed by atoms with van der Waals surface area (Å²) >= 11 is 1.59. The summed E-state index contributed by atoms with van der Waals surface area (Å²) in [6.07, 6.45) is 0. The molecule has 0 aliphatic carbocycles. The first-order valence-corrected chi connectivity index (χ1v) is 7.68. The zero-order chi connectivity index (χ0) is 14.0. The topological polar surface area (TPSA) is 25.2 Å². The van der Waals surface area contributed by atoms with Crippen molar-refractivity contribution in [2.24, 2.45) is 0 Å². The first-order valence-electron chi connectivity index (χ1n) is 6.90. The van der Waals surface area contributed by atoms with Crippen molar-refractivity contribution in [3.63, 3.8) is 0 Å². The molecule has 4 heteroatoms. The average Bonchev–Trinajstić information content (AvgIpc) is 2.73. The quantitative estimate of drug-likeness (QED) is 0.840. The van der Waals surface area contributed by atoms with Gasteiger partial charge in [0.15, 0.2) is 0 Å². The molecule has 3 nitrogen and oxygen atoms in total. The molecule has 0 aliphatic heterocycles. The van der Waals surface area contributed by atoms with Crippen LogP contribution in [0.2, 0.25) is 0 Å². The Morgan fingerprint density at radius 2 is 1.89 bits per heavy atom. The Morgan fingerprint density at radius 1 is 1.21 bits per heavy atom. The first kappa shape index (κ1) is 14.3. The summed E-state index contributed by atoms with van der Waals surface area (Å²) in [5.74, 6) is 0. The van der Waals surface area contributed by atoms with Gasteiger partial charge in [0.05, 0.1) is 10.1 Å². The van der Waals surface area contributed by atoms with Crippen LogP contribution in [-0.4, -0.2) is 28.5 Å². The second-order valence-electron chi connectivity index (χ2n) is 4.91. The molecule has 0 amide bonds. The third-order valence-electron chi connectivity index (χ3n) is 3.86. The predicted molar refractivity (Wildman–Crippen MR) is 83.3 cm³/mol. The van der Waals surface area contributed by atoms with Crippen LogP contribution in [0.15, 0.2) is 16.9 Å². The molecule has 19 heavy (non-hydrogen) atoms. The van der Waals surface area contributed by atoms with E-state index in [2.05, 4.69) is 37.8 Å². The zero-order valence-electron chi connectivity index (χ0n) is 12.2. The smallest absolute Gasteiger partial charge is 0.268 e. The maximum Gasteiger partial charge on any atom is 0.268 e. The van der Waals surface area contributed by atoms with Crippen LogP contribution in [-0.2, 0) is 6.54 Å². The number of hydrogen-bond acceptors (Lipinski definition) is 3. The second-order valence-corrected chi connectivity index (χ2v) is 5.97. The summed E-state index contributed by atoms with van der Waals surface area (Å²) < 4.78 is 3.00. The van der Waals surface area contributed by atoms with Gasteiger partial charge >= 0.3 is 0 Å². The SMILES string of the molecule is CCN(CC)CCn1sc2ccc(C)c(C)c2c1=O. The van der Waals surface area contributed by atoms with Gasteiger partial charge in [0.1, 0.15) is 0 Å². The summed E-state index contributed by atoms with van der Waals surface area (Å²) in [6.45, 7) is 12.2. The molecule has 1 aromatic heterocycles. The van der Waals surface area contributed by atoms with Gasteiger partial charge in [-0.3, -0.25) is 8.75 Å². The van der Waals surface area contributed by atoms with E-state index in [1.165, 1.54) is 5.56 Å². The molecule has 0 spiro atoms. The average molecular weight is 278 g/mol. The van der Waals surface area contributed by atoms with Gasteiger partial charge in [-0.25, -0.2) is 0 Å². The van der Waals surface area contributed by atoms with Gasteiger partial charge in [-0.05, 0) is 44.1 Å². The Labute approximate surface area is 118 Å². The Balaban J connectivity index is 2.33. The van der Waals surface area contributed by atoms with Crippen molar-refractivity contribution in [2.75, 3.05) is 19.6 Å². The highest BCUT2D eigenvalue weighted by Gasteiger charge is 2.11. The van der Waals surface area contributed by atoms with Crippen LogP contribution in [0.5, 0.6) is 0 Å². The molecule has 0 atom stereocenters. The Morgan fingerprint density at radius 3 is 2.53 bits per heavy atom. The number of likely N-dealkylation sites (N-methyl/N-ethyl adjacent to an activating group) is 1. The van der Waals surface area contributed by atoms with Crippen molar-refractivity contribution in [1.29, 1.82) is 0 Å². The number of fused-ring (bicyclic) bond motifs is 1. The molecule has 0 aliphatic rings. The van der Waals surface area contributed by atoms with Gasteiger partial charge in [0, 0.05) is 13.1 Å². The van der Waals surface area contributed by atoms with E-state index >= 15 is 0 Å². The molecular formula is C15H22N2OS. The summed E-state index contributed by atoms with van der Waals surface area (Å²) in [4.78, 5) is 14.8. The molecule has 0 fully saturated rings. The van der Waals surface area contributed by atoms with E-state index in [9.17, 15) is 4.79 Å². The zero-order valence-corrected chi connectivity index (χ0v) is 13.0. The fourth-order valence-corrected chi connectivity index (χ4v) is 3.38. The van der Waals surface area contributed by atoms with Gasteiger partial charge < -0.3 is 4.90 Å². The van der Waals surface area contributed by atoms with Crippen LogP contribution in [0.4, 0.5) is 0 Å². The van der Waals surface area contributed by atoms with E-state index < -0.39 is 0 Å². The second kappa shape index (κ2) is 5.88. The third kappa shape index (κ3) is 2.74. The molecule has 2 aromatic rings. The largest absolute Gasteiger partial charge is 0.302 e. The Hall–Kier alpha value is -1.13. The molecule has 1 aromatic carbocycles. The lowest BCUT2D eigenvalue weighted by Crippen LogP contribution is -2.29. The van der Waals surface area contributed by atoms with Crippen LogP contribution >= 0.6 is 11.5 Å². The number of benzene rings is 1. The van der Waals surface area contributed by atoms with E-state index in [1.807, 2.05) is 10.9 Å². The number of aromatic nitrogens is 1. The van der Waals surface area contributed by atoms with Crippen LogP contribution in [0.25, 0.3) is 10.1 Å². The fraction of sp³-hybridized carbons (Fsp3) is 0.533. The highest BCUT2D eigenvalue weighted by Crippen LogP contribution is 2.22. The van der Waals surface area contributed by atoms with Gasteiger partial charge in [0.2, 0.25) is 0 Å². The van der Waals surface area contributed by atoms with Crippen LogP contribution in [0.3, 0.4) is 0 Å². The third-order valence-corrected chi connectivity index (χ3v) is 4.97. The van der Waals surface area contributed by atoms with E-state index in [0.29, 0.717) is 0 Å². The van der Waals surface area contributed by atoms with Crippen molar-refractivity contribution in [3.8, 4) is 0 Å². The van der Waals surface area contributed by atoms with Crippen molar-refractivity contribution in [2.45, 2.75) is 34.2 Å². The maximum absolute atomic E-state index is 12.4. The minimum absolute atomic E-state index is 0.174. The van der Waals surface area contributed by atoms with Crippen molar-refractivity contribution >= 4 is 21.6 Å². The molecule has 0 N–H and O–H groups in total. The van der Waals surface area contributed by atoms with Crippen molar-refractivity contribution < 1.29 is 0 Å². The van der Waals surface area contributed by atoms with Gasteiger partial charge in [-0.15, -0.1) is 0 Å². The van der Waals surface area contributed by atoms with Crippen LogP contribution < -0.4 is 5.56 Å². The van der Waals surface area contributed by atoms with E-state index in [1.54, 1.807) is 11.5 Å². The van der Waals surface area contributed by atoms with Gasteiger partial charge in [-0.2, -0.15) is 0 Å². The molecule has 1 heterocycles. The highest BCUT2D eigenvalue weighted by atomic mass is 32.1. The maximum atomic E-state index is 12.4. The molecule has 0 radical (unpaired) electrons. The summed E-state index contributed by atoms with van der Waals surface area (Å²) in [5.41, 5.74) is 2.49. The monoisotopic (exact) mass is 278 g/mol. The van der Waals surface area contributed by atoms with E-state index in [-0.39, 0.29) is 5.56 Å². The molecule has 0 bridgehead atoms. The molecule has 104 valence electrons. The standard InChI is InChI=1S/C15H22N2OS/c1-5-16(6-2)9-10-17-15(18)14-12(4)11(3)7-8-13(14)19-17/h7-8H,5-6,9-10H2,1-4H3. The molecule has 2 rings (SSSR count). The number of hydrogen-bond donors (Lipinski definition) is 0. The normalized spacial score (nSPS) is 11.6. The first-order chi connectivity index (χ1) is 9.08. The summed E-state index contributed by atoms with van der Waals surface area (Å²) in [5, 5.41) is 0.907. The van der Waals surface area contributed by atoms with Gasteiger partial charge in [-0.1, -0.05) is 31.4 Å². The van der Waals surface area contributed by atoms with E-state index in [4.69, 9.17) is 0 Å². The molecular weight excluding hydrogens is 256 g/mol. The fourth-order valence-electron chi connectivity index (χ4n) is 2.34. The van der Waals surface area contributed by atoms with Crippen molar-refractivity contribution in [1.82, 2.24) is 8.86 Å². The molecule has 0 saturated heterocycles. The molecule has 0 saturated carbocycles. The Kier molecular flexibility index (Phi) is 4.42. The lowest BCUT2D eigenvalue weighted by Gasteiger charge is -2.17. The van der Waals surface area contributed by atoms with Crippen molar-refractivity contribution in [3.05, 3.63) is 33.6 Å². The van der Waals surface area contributed by atoms with E-state index in [0.717, 1.165) is 41.8 Å². The van der Waals surface area contributed by atoms with Gasteiger partial charge in [0.25, 0.3) is 5.56 Å². The minimum atomic E-state index is 0.174. The lowest BCUT2D eigenvalue weighted by atomic mass is 10.1. The predicted octanol–water partition coefficient (Wildman–Crippen LogP) is 3.02. The molecule has 0 unspecified atom stereocenters. The lowest BCUT2D eigenvalue weighted by molar-refractivity contribution is 0.293. The van der Waals surface area contributed by atoms with Crippen LogP contribution in [0, 0.1) is 13.8 Å². The minimum Gasteiger partial charge on any atom is -0.302 e. The summed E-state index contributed by atoms with van der Waals surface area (Å²) in [6, 6.07) is 4.17.